The Bertz CT molecular complexity index is 1320. The van der Waals surface area contributed by atoms with Crippen molar-refractivity contribution in [3.8, 4) is 11.5 Å². The molecule has 3 rings (SSSR count). The first kappa shape index (κ1) is 30.0. The zero-order valence-electron chi connectivity index (χ0n) is 22.3. The topological polar surface area (TPSA) is 94.0 Å². The summed E-state index contributed by atoms with van der Waals surface area (Å²) in [6, 6.07) is 14.7. The normalized spacial score (nSPS) is 12.2. The molecular formula is C26H31F3N4O5S. The molecule has 1 aromatic heterocycles. The molecule has 0 N–H and O–H groups in total. The number of aromatic nitrogens is 2. The number of sulfonamides is 1. The van der Waals surface area contributed by atoms with E-state index in [0.29, 0.717) is 27.5 Å². The maximum Gasteiger partial charge on any atom is 0.471 e. The first-order chi connectivity index (χ1) is 18.3. The molecule has 13 heteroatoms. The minimum absolute atomic E-state index is 0.00527. The molecule has 0 fully saturated rings. The Morgan fingerprint density at radius 1 is 0.923 bits per heavy atom. The van der Waals surface area contributed by atoms with E-state index in [-0.39, 0.29) is 29.9 Å². The largest absolute Gasteiger partial charge is 0.497 e. The van der Waals surface area contributed by atoms with E-state index in [1.807, 2.05) is 0 Å². The maximum absolute atomic E-state index is 13.9. The molecule has 0 radical (unpaired) electrons. The zero-order valence-corrected chi connectivity index (χ0v) is 23.1. The number of carbonyl (C=O) groups is 1. The Balaban J connectivity index is 2.00. The van der Waals surface area contributed by atoms with Crippen LogP contribution in [0.5, 0.6) is 11.5 Å². The number of carbonyl (C=O) groups excluding carboxylic acids is 1. The lowest BCUT2D eigenvalue weighted by Gasteiger charge is -2.22. The summed E-state index contributed by atoms with van der Waals surface area (Å²) in [6.07, 6.45) is -5.06. The van der Waals surface area contributed by atoms with Gasteiger partial charge in [0.25, 0.3) is 10.0 Å². The SMILES string of the molecule is COc1ccc(CN(Cc2ccc(OC)cc2)S(=O)(=O)c2cc(CN(C)C(=O)C(F)(F)F)n(C(C)C)n2)cc1. The van der Waals surface area contributed by atoms with Gasteiger partial charge in [-0.2, -0.15) is 22.6 Å². The van der Waals surface area contributed by atoms with Crippen molar-refractivity contribution in [2.75, 3.05) is 21.3 Å². The van der Waals surface area contributed by atoms with E-state index < -0.39 is 28.7 Å². The molecular weight excluding hydrogens is 537 g/mol. The van der Waals surface area contributed by atoms with Gasteiger partial charge in [0.2, 0.25) is 0 Å². The summed E-state index contributed by atoms with van der Waals surface area (Å²) in [5.41, 5.74) is 1.52. The van der Waals surface area contributed by atoms with Gasteiger partial charge in [-0.05, 0) is 49.2 Å². The molecule has 3 aromatic rings. The summed E-state index contributed by atoms with van der Waals surface area (Å²) in [5, 5.41) is 3.91. The average Bonchev–Trinajstić information content (AvgIpc) is 3.33. The number of amides is 1. The Hall–Kier alpha value is -3.58. The van der Waals surface area contributed by atoms with Gasteiger partial charge >= 0.3 is 12.1 Å². The Morgan fingerprint density at radius 3 is 1.77 bits per heavy atom. The molecule has 0 aliphatic heterocycles. The minimum Gasteiger partial charge on any atom is -0.497 e. The Labute approximate surface area is 225 Å². The molecule has 212 valence electrons. The van der Waals surface area contributed by atoms with Crippen LogP contribution in [0.1, 0.15) is 36.7 Å². The van der Waals surface area contributed by atoms with E-state index in [0.717, 1.165) is 7.05 Å². The minimum atomic E-state index is -5.06. The predicted octanol–water partition coefficient (Wildman–Crippen LogP) is 4.39. The molecule has 0 atom stereocenters. The fraction of sp³-hybridized carbons (Fsp3) is 0.385. The van der Waals surface area contributed by atoms with E-state index in [4.69, 9.17) is 9.47 Å². The van der Waals surface area contributed by atoms with Gasteiger partial charge in [0, 0.05) is 32.2 Å². The van der Waals surface area contributed by atoms with Gasteiger partial charge in [-0.25, -0.2) is 8.42 Å². The van der Waals surface area contributed by atoms with Crippen LogP contribution in [0, 0.1) is 0 Å². The summed E-state index contributed by atoms with van der Waals surface area (Å²) in [4.78, 5) is 12.2. The monoisotopic (exact) mass is 568 g/mol. The maximum atomic E-state index is 13.9. The third kappa shape index (κ3) is 7.30. The highest BCUT2D eigenvalue weighted by molar-refractivity contribution is 7.89. The predicted molar refractivity (Wildman–Crippen MR) is 138 cm³/mol. The number of hydrogen-bond acceptors (Lipinski definition) is 6. The van der Waals surface area contributed by atoms with Gasteiger partial charge < -0.3 is 14.4 Å². The van der Waals surface area contributed by atoms with Crippen LogP contribution in [0.4, 0.5) is 13.2 Å². The number of rotatable bonds is 11. The first-order valence-corrected chi connectivity index (χ1v) is 13.4. The van der Waals surface area contributed by atoms with Crippen molar-refractivity contribution in [1.29, 1.82) is 0 Å². The van der Waals surface area contributed by atoms with Crippen LogP contribution in [-0.4, -0.2) is 60.8 Å². The molecule has 1 heterocycles. The van der Waals surface area contributed by atoms with E-state index >= 15 is 0 Å². The third-order valence-corrected chi connectivity index (χ3v) is 7.57. The van der Waals surface area contributed by atoms with Crippen molar-refractivity contribution in [2.24, 2.45) is 0 Å². The molecule has 0 unspecified atom stereocenters. The number of alkyl halides is 3. The van der Waals surface area contributed by atoms with Crippen LogP contribution in [-0.2, 0) is 34.5 Å². The lowest BCUT2D eigenvalue weighted by Crippen LogP contribution is -2.38. The summed E-state index contributed by atoms with van der Waals surface area (Å²) in [5.74, 6) is -0.814. The molecule has 39 heavy (non-hydrogen) atoms. The first-order valence-electron chi connectivity index (χ1n) is 11.9. The molecule has 9 nitrogen and oxygen atoms in total. The number of halogens is 3. The van der Waals surface area contributed by atoms with Gasteiger partial charge in [0.05, 0.1) is 26.5 Å². The summed E-state index contributed by atoms with van der Waals surface area (Å²) in [7, 11) is -0.183. The molecule has 0 spiro atoms. The lowest BCUT2D eigenvalue weighted by molar-refractivity contribution is -0.184. The molecule has 0 saturated heterocycles. The van der Waals surface area contributed by atoms with Crippen molar-refractivity contribution in [1.82, 2.24) is 19.0 Å². The van der Waals surface area contributed by atoms with Gasteiger partial charge in [-0.1, -0.05) is 24.3 Å². The fourth-order valence-corrected chi connectivity index (χ4v) is 5.24. The quantitative estimate of drug-likeness (QED) is 0.341. The van der Waals surface area contributed by atoms with E-state index in [2.05, 4.69) is 5.10 Å². The van der Waals surface area contributed by atoms with Crippen LogP contribution in [0.2, 0.25) is 0 Å². The Morgan fingerprint density at radius 2 is 1.38 bits per heavy atom. The highest BCUT2D eigenvalue weighted by atomic mass is 32.2. The summed E-state index contributed by atoms with van der Waals surface area (Å²) >= 11 is 0. The summed E-state index contributed by atoms with van der Waals surface area (Å²) in [6.45, 7) is 2.94. The highest BCUT2D eigenvalue weighted by Crippen LogP contribution is 2.26. The molecule has 0 aliphatic rings. The van der Waals surface area contributed by atoms with E-state index in [1.54, 1.807) is 62.4 Å². The van der Waals surface area contributed by atoms with Crippen LogP contribution < -0.4 is 9.47 Å². The van der Waals surface area contributed by atoms with Gasteiger partial charge in [0.1, 0.15) is 11.5 Å². The lowest BCUT2D eigenvalue weighted by atomic mass is 10.2. The van der Waals surface area contributed by atoms with Gasteiger partial charge in [-0.3, -0.25) is 9.48 Å². The van der Waals surface area contributed by atoms with E-state index in [9.17, 15) is 26.4 Å². The molecule has 1 amide bonds. The van der Waals surface area contributed by atoms with Crippen molar-refractivity contribution in [3.63, 3.8) is 0 Å². The van der Waals surface area contributed by atoms with Crippen molar-refractivity contribution >= 4 is 15.9 Å². The smallest absolute Gasteiger partial charge is 0.471 e. The van der Waals surface area contributed by atoms with Crippen LogP contribution in [0.15, 0.2) is 59.6 Å². The second-order valence-electron chi connectivity index (χ2n) is 9.14. The van der Waals surface area contributed by atoms with Crippen LogP contribution >= 0.6 is 0 Å². The molecule has 0 aliphatic carbocycles. The van der Waals surface area contributed by atoms with Crippen molar-refractivity contribution in [2.45, 2.75) is 50.7 Å². The number of benzene rings is 2. The standard InChI is InChI=1S/C26H31F3N4O5S/c1-18(2)33-21(17-31(3)25(34)26(27,28)29)14-24(30-33)39(35,36)32(15-19-6-10-22(37-4)11-7-19)16-20-8-12-23(38-5)13-9-20/h6-14,18H,15-17H2,1-5H3. The molecule has 2 aromatic carbocycles. The van der Waals surface area contributed by atoms with Crippen molar-refractivity contribution in [3.05, 3.63) is 71.4 Å². The third-order valence-electron chi connectivity index (χ3n) is 5.91. The fourth-order valence-electron chi connectivity index (χ4n) is 3.86. The second kappa shape index (κ2) is 12.1. The number of methoxy groups -OCH3 is 2. The Kier molecular flexibility index (Phi) is 9.28. The number of ether oxygens (including phenoxy) is 2. The average molecular weight is 569 g/mol. The second-order valence-corrected chi connectivity index (χ2v) is 11.0. The van der Waals surface area contributed by atoms with Crippen LogP contribution in [0.25, 0.3) is 0 Å². The van der Waals surface area contributed by atoms with E-state index in [1.165, 1.54) is 29.3 Å². The molecule has 0 bridgehead atoms. The van der Waals surface area contributed by atoms with Gasteiger partial charge in [0.15, 0.2) is 5.03 Å². The zero-order chi connectivity index (χ0) is 29.0. The highest BCUT2D eigenvalue weighted by Gasteiger charge is 2.41. The molecule has 0 saturated carbocycles. The van der Waals surface area contributed by atoms with Crippen molar-refractivity contribution < 1.29 is 35.9 Å². The number of nitrogens with zero attached hydrogens (tertiary/aromatic N) is 4. The summed E-state index contributed by atoms with van der Waals surface area (Å²) < 4.78 is 79.5. The van der Waals surface area contributed by atoms with Crippen LogP contribution in [0.3, 0.4) is 0 Å². The van der Waals surface area contributed by atoms with Gasteiger partial charge in [-0.15, -0.1) is 0 Å². The number of hydrogen-bond donors (Lipinski definition) is 0.